The summed E-state index contributed by atoms with van der Waals surface area (Å²) in [5.74, 6) is 0. The van der Waals surface area contributed by atoms with E-state index in [0.717, 1.165) is 0 Å². The van der Waals surface area contributed by atoms with E-state index in [4.69, 9.17) is 4.84 Å². The zero-order valence-corrected chi connectivity index (χ0v) is 6.53. The predicted octanol–water partition coefficient (Wildman–Crippen LogP) is 0.932. The molecule has 0 atom stereocenters. The molecule has 0 aromatic carbocycles. The van der Waals surface area contributed by atoms with Gasteiger partial charge in [-0.2, -0.15) is 0 Å². The van der Waals surface area contributed by atoms with E-state index < -0.39 is 10.5 Å². The molecule has 0 radical (unpaired) electrons. The molecule has 0 heterocycles. The van der Waals surface area contributed by atoms with Crippen molar-refractivity contribution in [3.63, 3.8) is 0 Å². The maximum atomic E-state index is 9.17. The molecule has 0 rings (SSSR count). The van der Waals surface area contributed by atoms with E-state index >= 15 is 0 Å². The molecule has 0 aromatic heterocycles. The van der Waals surface area contributed by atoms with Crippen LogP contribution in [-0.2, 0) is 4.84 Å². The fraction of sp³-hybridized carbons (Fsp3) is 1.00. The Morgan fingerprint density at radius 1 is 1.50 bits per heavy atom. The van der Waals surface area contributed by atoms with Crippen LogP contribution in [0.1, 0.15) is 0 Å². The molecule has 0 saturated carbocycles. The van der Waals surface area contributed by atoms with Crippen LogP contribution < -0.4 is 0 Å². The maximum Gasteiger partial charge on any atom is 0.0586 e. The van der Waals surface area contributed by atoms with Crippen molar-refractivity contribution in [3.8, 4) is 0 Å². The zero-order chi connectivity index (χ0) is 6.78. The van der Waals surface area contributed by atoms with Crippen LogP contribution in [-0.4, -0.2) is 35.7 Å². The van der Waals surface area contributed by atoms with E-state index in [1.54, 1.807) is 19.6 Å². The summed E-state index contributed by atoms with van der Waals surface area (Å²) in [5, 5.41) is 0. The van der Waals surface area contributed by atoms with Gasteiger partial charge >= 0.3 is 0 Å². The first kappa shape index (κ1) is 8.23. The Balaban J connectivity index is 3.62. The molecule has 0 fully saturated rings. The highest BCUT2D eigenvalue weighted by Crippen LogP contribution is 2.36. The van der Waals surface area contributed by atoms with Gasteiger partial charge in [0.15, 0.2) is 0 Å². The van der Waals surface area contributed by atoms with E-state index in [1.165, 1.54) is 11.6 Å². The molecule has 0 aliphatic heterocycles. The summed E-state index contributed by atoms with van der Waals surface area (Å²) < 4.78 is 10.6. The van der Waals surface area contributed by atoms with E-state index in [-0.39, 0.29) is 0 Å². The van der Waals surface area contributed by atoms with Crippen molar-refractivity contribution in [1.82, 2.24) is 4.47 Å². The highest BCUT2D eigenvalue weighted by Gasteiger charge is 2.11. The highest BCUT2D eigenvalue weighted by atomic mass is 32.3. The lowest BCUT2D eigenvalue weighted by Crippen LogP contribution is -2.19. The number of hydroxylamine groups is 1. The van der Waals surface area contributed by atoms with Gasteiger partial charge in [0.25, 0.3) is 0 Å². The molecule has 0 aliphatic rings. The van der Waals surface area contributed by atoms with Gasteiger partial charge in [-0.15, -0.1) is 4.47 Å². The third-order valence-corrected chi connectivity index (χ3v) is 2.29. The van der Waals surface area contributed by atoms with Crippen molar-refractivity contribution in [2.45, 2.75) is 0 Å². The highest BCUT2D eigenvalue weighted by molar-refractivity contribution is 8.25. The van der Waals surface area contributed by atoms with Gasteiger partial charge in [-0.3, -0.25) is 4.84 Å². The van der Waals surface area contributed by atoms with Crippen LogP contribution >= 0.6 is 10.5 Å². The van der Waals surface area contributed by atoms with Crippen molar-refractivity contribution in [2.24, 2.45) is 0 Å². The predicted molar refractivity (Wildman–Crippen MR) is 36.8 cm³/mol. The van der Waals surface area contributed by atoms with E-state index in [9.17, 15) is 4.55 Å². The second-order valence-electron chi connectivity index (χ2n) is 1.84. The van der Waals surface area contributed by atoms with Crippen molar-refractivity contribution >= 4 is 10.5 Å². The largest absolute Gasteiger partial charge is 0.337 e. The van der Waals surface area contributed by atoms with Crippen LogP contribution in [0.4, 0.5) is 0 Å². The minimum atomic E-state index is -1.64. The second kappa shape index (κ2) is 2.68. The fourth-order valence-corrected chi connectivity index (χ4v) is 0.547. The van der Waals surface area contributed by atoms with Gasteiger partial charge < -0.3 is 4.55 Å². The minimum Gasteiger partial charge on any atom is -0.337 e. The van der Waals surface area contributed by atoms with Gasteiger partial charge in [0.2, 0.25) is 0 Å². The molecule has 0 bridgehead atoms. The Labute approximate surface area is 51.9 Å². The topological polar surface area (TPSA) is 32.7 Å². The summed E-state index contributed by atoms with van der Waals surface area (Å²) >= 11 is 0. The third-order valence-electron chi connectivity index (χ3n) is 0.886. The van der Waals surface area contributed by atoms with Crippen molar-refractivity contribution in [2.75, 3.05) is 26.7 Å². The SMILES string of the molecule is CON(C)S(C)(C)O. The second-order valence-corrected chi connectivity index (χ2v) is 4.80. The fourth-order valence-electron chi connectivity index (χ4n) is 0.182. The number of hydrogen-bond donors (Lipinski definition) is 1. The van der Waals surface area contributed by atoms with Gasteiger partial charge in [0, 0.05) is 19.6 Å². The first-order valence-corrected chi connectivity index (χ1v) is 4.58. The molecular weight excluding hydrogens is 126 g/mol. The van der Waals surface area contributed by atoms with Crippen LogP contribution in [0.2, 0.25) is 0 Å². The normalized spacial score (nSPS) is 14.8. The molecule has 0 aromatic rings. The first-order chi connectivity index (χ1) is 3.48. The van der Waals surface area contributed by atoms with Gasteiger partial charge in [0.05, 0.1) is 7.11 Å². The Bertz CT molecular complexity index is 70.9. The monoisotopic (exact) mass is 139 g/mol. The first-order valence-electron chi connectivity index (χ1n) is 2.22. The van der Waals surface area contributed by atoms with E-state index in [0.29, 0.717) is 0 Å². The van der Waals surface area contributed by atoms with Crippen molar-refractivity contribution in [3.05, 3.63) is 0 Å². The van der Waals surface area contributed by atoms with Crippen LogP contribution in [0, 0.1) is 0 Å². The smallest absolute Gasteiger partial charge is 0.0586 e. The Morgan fingerprint density at radius 3 is 1.88 bits per heavy atom. The molecule has 0 spiro atoms. The standard InChI is InChI=1S/C4H13NO2S/c1-5(7-2)8(3,4)6/h6H,1-4H3. The van der Waals surface area contributed by atoms with Gasteiger partial charge in [-0.25, -0.2) is 0 Å². The zero-order valence-electron chi connectivity index (χ0n) is 5.71. The molecule has 4 heteroatoms. The molecule has 8 heavy (non-hydrogen) atoms. The molecule has 52 valence electrons. The van der Waals surface area contributed by atoms with Gasteiger partial charge in [-0.1, -0.05) is 10.5 Å². The quantitative estimate of drug-likeness (QED) is 0.578. The molecule has 0 aliphatic carbocycles. The number of hydrogen-bond acceptors (Lipinski definition) is 3. The van der Waals surface area contributed by atoms with Crippen LogP contribution in [0.15, 0.2) is 0 Å². The minimum absolute atomic E-state index is 1.45. The number of nitrogens with zero attached hydrogens (tertiary/aromatic N) is 1. The third kappa shape index (κ3) is 2.52. The lowest BCUT2D eigenvalue weighted by molar-refractivity contribution is -0.0257. The molecule has 3 nitrogen and oxygen atoms in total. The molecular formula is C4H13NO2S. The van der Waals surface area contributed by atoms with Crippen molar-refractivity contribution in [1.29, 1.82) is 0 Å². The van der Waals surface area contributed by atoms with E-state index in [2.05, 4.69) is 0 Å². The summed E-state index contributed by atoms with van der Waals surface area (Å²) in [6.45, 7) is 0. The molecule has 1 N–H and O–H groups in total. The van der Waals surface area contributed by atoms with Gasteiger partial charge in [0.1, 0.15) is 0 Å². The average Bonchev–Trinajstić information content (AvgIpc) is 1.62. The van der Waals surface area contributed by atoms with Crippen molar-refractivity contribution < 1.29 is 9.39 Å². The Kier molecular flexibility index (Phi) is 2.76. The Hall–Kier alpha value is 0.230. The van der Waals surface area contributed by atoms with Gasteiger partial charge in [-0.05, 0) is 0 Å². The maximum absolute atomic E-state index is 9.17. The number of rotatable bonds is 2. The average molecular weight is 139 g/mol. The lowest BCUT2D eigenvalue weighted by atomic mass is 11.5. The van der Waals surface area contributed by atoms with Crippen LogP contribution in [0.3, 0.4) is 0 Å². The molecule has 0 unspecified atom stereocenters. The summed E-state index contributed by atoms with van der Waals surface area (Å²) in [6, 6.07) is 0. The lowest BCUT2D eigenvalue weighted by Gasteiger charge is -2.32. The summed E-state index contributed by atoms with van der Waals surface area (Å²) in [6.07, 6.45) is 3.47. The molecule has 0 amide bonds. The van der Waals surface area contributed by atoms with E-state index in [1.807, 2.05) is 0 Å². The van der Waals surface area contributed by atoms with Crippen LogP contribution in [0.5, 0.6) is 0 Å². The summed E-state index contributed by atoms with van der Waals surface area (Å²) in [4.78, 5) is 4.73. The molecule has 0 saturated heterocycles. The Morgan fingerprint density at radius 2 is 1.88 bits per heavy atom. The van der Waals surface area contributed by atoms with Crippen LogP contribution in [0.25, 0.3) is 0 Å². The summed E-state index contributed by atoms with van der Waals surface area (Å²) in [5.41, 5.74) is 0. The summed E-state index contributed by atoms with van der Waals surface area (Å²) in [7, 11) is 1.59.